The van der Waals surface area contributed by atoms with E-state index in [4.69, 9.17) is 4.74 Å². The Morgan fingerprint density at radius 2 is 1.96 bits per heavy atom. The summed E-state index contributed by atoms with van der Waals surface area (Å²) < 4.78 is 18.8. The summed E-state index contributed by atoms with van der Waals surface area (Å²) in [5, 5.41) is 16.3. The molecule has 3 N–H and O–H groups in total. The van der Waals surface area contributed by atoms with E-state index in [1.807, 2.05) is 44.2 Å². The molecule has 0 radical (unpaired) electrons. The third kappa shape index (κ3) is 9.05. The second-order valence-electron chi connectivity index (χ2n) is 5.99. The van der Waals surface area contributed by atoms with Gasteiger partial charge in [-0.1, -0.05) is 24.3 Å². The highest BCUT2D eigenvalue weighted by molar-refractivity contribution is 14.0. The lowest BCUT2D eigenvalue weighted by Gasteiger charge is -2.16. The first-order chi connectivity index (χ1) is 12.6. The summed E-state index contributed by atoms with van der Waals surface area (Å²) in [6.45, 7) is 5.45. The first-order valence-electron chi connectivity index (χ1n) is 8.71. The van der Waals surface area contributed by atoms with Gasteiger partial charge in [-0.15, -0.1) is 24.0 Å². The minimum atomic E-state index is -0.687. The minimum Gasteiger partial charge on any atom is -0.491 e. The van der Waals surface area contributed by atoms with Crippen LogP contribution in [0.25, 0.3) is 0 Å². The molecule has 0 saturated carbocycles. The van der Waals surface area contributed by atoms with Gasteiger partial charge in [0.25, 0.3) is 0 Å². The number of ether oxygens (including phenoxy) is 1. The first-order valence-corrected chi connectivity index (χ1v) is 8.71. The van der Waals surface area contributed by atoms with Crippen LogP contribution in [0, 0.1) is 12.7 Å². The zero-order chi connectivity index (χ0) is 18.8. The lowest BCUT2D eigenvalue weighted by atomic mass is 10.2. The lowest BCUT2D eigenvalue weighted by molar-refractivity contribution is 0.110. The number of nitrogens with one attached hydrogen (secondary N) is 2. The predicted molar refractivity (Wildman–Crippen MR) is 117 cm³/mol. The number of aliphatic hydroxyl groups is 1. The molecule has 0 heterocycles. The molecule has 5 nitrogen and oxygen atoms in total. The molecule has 0 amide bonds. The van der Waals surface area contributed by atoms with Gasteiger partial charge in [-0.05, 0) is 49.2 Å². The predicted octanol–water partition coefficient (Wildman–Crippen LogP) is 3.25. The third-order valence-electron chi connectivity index (χ3n) is 3.59. The summed E-state index contributed by atoms with van der Waals surface area (Å²) in [7, 11) is 0. The average Bonchev–Trinajstić information content (AvgIpc) is 2.62. The van der Waals surface area contributed by atoms with Crippen LogP contribution in [-0.4, -0.2) is 36.9 Å². The smallest absolute Gasteiger partial charge is 0.191 e. The maximum atomic E-state index is 13.2. The van der Waals surface area contributed by atoms with Gasteiger partial charge in [-0.3, -0.25) is 0 Å². The van der Waals surface area contributed by atoms with Crippen LogP contribution < -0.4 is 15.4 Å². The monoisotopic (exact) mass is 487 g/mol. The number of rotatable bonds is 8. The van der Waals surface area contributed by atoms with Crippen LogP contribution in [0.2, 0.25) is 0 Å². The van der Waals surface area contributed by atoms with Crippen molar-refractivity contribution in [2.45, 2.75) is 26.5 Å². The molecular formula is C20H27FIN3O2. The fraction of sp³-hybridized carbons (Fsp3) is 0.350. The van der Waals surface area contributed by atoms with Crippen molar-refractivity contribution >= 4 is 29.9 Å². The van der Waals surface area contributed by atoms with Gasteiger partial charge < -0.3 is 20.5 Å². The van der Waals surface area contributed by atoms with E-state index in [1.54, 1.807) is 6.07 Å². The summed E-state index contributed by atoms with van der Waals surface area (Å²) in [4.78, 5) is 4.40. The van der Waals surface area contributed by atoms with Crippen LogP contribution in [0.15, 0.2) is 53.5 Å². The number of hydrogen-bond acceptors (Lipinski definition) is 3. The van der Waals surface area contributed by atoms with Crippen molar-refractivity contribution in [3.8, 4) is 5.75 Å². The molecule has 1 atom stereocenters. The van der Waals surface area contributed by atoms with E-state index < -0.39 is 6.10 Å². The van der Waals surface area contributed by atoms with Crippen molar-refractivity contribution < 1.29 is 14.2 Å². The minimum absolute atomic E-state index is 0. The molecule has 0 saturated heterocycles. The molecule has 2 rings (SSSR count). The van der Waals surface area contributed by atoms with Gasteiger partial charge in [-0.2, -0.15) is 0 Å². The summed E-state index contributed by atoms with van der Waals surface area (Å²) in [6, 6.07) is 14.0. The van der Waals surface area contributed by atoms with Crippen LogP contribution in [-0.2, 0) is 6.54 Å². The summed E-state index contributed by atoms with van der Waals surface area (Å²) in [5.41, 5.74) is 1.89. The quantitative estimate of drug-likeness (QED) is 0.304. The summed E-state index contributed by atoms with van der Waals surface area (Å²) in [6.07, 6.45) is -0.687. The van der Waals surface area contributed by atoms with E-state index in [-0.39, 0.29) is 36.4 Å². The van der Waals surface area contributed by atoms with E-state index in [1.165, 1.54) is 12.1 Å². The molecule has 2 aromatic carbocycles. The zero-order valence-electron chi connectivity index (χ0n) is 15.6. The number of aryl methyl sites for hydroxylation is 1. The maximum absolute atomic E-state index is 13.2. The Morgan fingerprint density at radius 3 is 2.67 bits per heavy atom. The number of guanidine groups is 1. The van der Waals surface area contributed by atoms with Crippen LogP contribution in [0.5, 0.6) is 5.75 Å². The van der Waals surface area contributed by atoms with Crippen LogP contribution in [0.3, 0.4) is 0 Å². The van der Waals surface area contributed by atoms with E-state index in [9.17, 15) is 9.50 Å². The Hall–Kier alpha value is -1.87. The SMILES string of the molecule is CCNC(=NCc1cccc(F)c1)NCC(O)COc1cccc(C)c1.I. The van der Waals surface area contributed by atoms with E-state index in [0.717, 1.165) is 16.9 Å². The van der Waals surface area contributed by atoms with Crippen molar-refractivity contribution in [3.05, 3.63) is 65.5 Å². The lowest BCUT2D eigenvalue weighted by Crippen LogP contribution is -2.42. The van der Waals surface area contributed by atoms with Gasteiger partial charge in [0.15, 0.2) is 5.96 Å². The number of aliphatic imine (C=N–C) groups is 1. The van der Waals surface area contributed by atoms with Gasteiger partial charge in [0, 0.05) is 13.1 Å². The third-order valence-corrected chi connectivity index (χ3v) is 3.59. The van der Waals surface area contributed by atoms with E-state index >= 15 is 0 Å². The molecule has 0 aromatic heterocycles. The van der Waals surface area contributed by atoms with E-state index in [0.29, 0.717) is 25.6 Å². The van der Waals surface area contributed by atoms with Crippen molar-refractivity contribution in [2.75, 3.05) is 19.7 Å². The van der Waals surface area contributed by atoms with Gasteiger partial charge in [0.2, 0.25) is 0 Å². The second kappa shape index (κ2) is 12.5. The highest BCUT2D eigenvalue weighted by Crippen LogP contribution is 2.12. The number of benzene rings is 2. The molecule has 0 aliphatic carbocycles. The molecular weight excluding hydrogens is 460 g/mol. The Labute approximate surface area is 177 Å². The fourth-order valence-electron chi connectivity index (χ4n) is 2.32. The summed E-state index contributed by atoms with van der Waals surface area (Å²) >= 11 is 0. The van der Waals surface area contributed by atoms with Gasteiger partial charge >= 0.3 is 0 Å². The average molecular weight is 487 g/mol. The Kier molecular flexibility index (Phi) is 10.7. The van der Waals surface area contributed by atoms with Gasteiger partial charge in [0.05, 0.1) is 6.54 Å². The number of aliphatic hydroxyl groups excluding tert-OH is 1. The van der Waals surface area contributed by atoms with Crippen LogP contribution in [0.4, 0.5) is 4.39 Å². The van der Waals surface area contributed by atoms with E-state index in [2.05, 4.69) is 15.6 Å². The van der Waals surface area contributed by atoms with Crippen LogP contribution in [0.1, 0.15) is 18.1 Å². The maximum Gasteiger partial charge on any atom is 0.191 e. The molecule has 1 unspecified atom stereocenters. The van der Waals surface area contributed by atoms with Crippen molar-refractivity contribution in [1.29, 1.82) is 0 Å². The Bertz CT molecular complexity index is 728. The molecule has 7 heteroatoms. The number of hydrogen-bond donors (Lipinski definition) is 3. The first kappa shape index (κ1) is 23.2. The molecule has 0 fully saturated rings. The molecule has 2 aromatic rings. The number of nitrogens with zero attached hydrogens (tertiary/aromatic N) is 1. The van der Waals surface area contributed by atoms with Crippen LogP contribution >= 0.6 is 24.0 Å². The number of halogens is 2. The molecule has 148 valence electrons. The molecule has 27 heavy (non-hydrogen) atoms. The standard InChI is InChI=1S/C20H26FN3O2.HI/c1-3-22-20(23-12-16-7-5-8-17(21)11-16)24-13-18(25)14-26-19-9-4-6-15(2)10-19;/h4-11,18,25H,3,12-14H2,1-2H3,(H2,22,23,24);1H. The topological polar surface area (TPSA) is 65.9 Å². The normalized spacial score (nSPS) is 12.1. The zero-order valence-corrected chi connectivity index (χ0v) is 17.9. The molecule has 0 aliphatic rings. The highest BCUT2D eigenvalue weighted by atomic mass is 127. The largest absolute Gasteiger partial charge is 0.491 e. The Morgan fingerprint density at radius 1 is 1.19 bits per heavy atom. The van der Waals surface area contributed by atoms with Gasteiger partial charge in [-0.25, -0.2) is 9.38 Å². The van der Waals surface area contributed by atoms with Crippen molar-refractivity contribution in [1.82, 2.24) is 10.6 Å². The van der Waals surface area contributed by atoms with Crippen molar-refractivity contribution in [3.63, 3.8) is 0 Å². The molecule has 0 spiro atoms. The highest BCUT2D eigenvalue weighted by Gasteiger charge is 2.07. The Balaban J connectivity index is 0.00000364. The van der Waals surface area contributed by atoms with Gasteiger partial charge in [0.1, 0.15) is 24.3 Å². The summed E-state index contributed by atoms with van der Waals surface area (Å²) in [5.74, 6) is 1.02. The van der Waals surface area contributed by atoms with Crippen molar-refractivity contribution in [2.24, 2.45) is 4.99 Å². The molecule has 0 bridgehead atoms. The molecule has 0 aliphatic heterocycles. The fourth-order valence-corrected chi connectivity index (χ4v) is 2.32. The second-order valence-corrected chi connectivity index (χ2v) is 5.99.